The van der Waals surface area contributed by atoms with Crippen LogP contribution in [-0.4, -0.2) is 34.9 Å². The molecule has 496 valence electrons. The molecule has 1 amide bonds. The molecule has 0 aromatic heterocycles. The summed E-state index contributed by atoms with van der Waals surface area (Å²) in [6.07, 6.45) is 107. The Hall–Kier alpha value is -1.65. The number of hydrogen-bond acceptors (Lipinski definition) is 3. The van der Waals surface area contributed by atoms with E-state index in [0.29, 0.717) is 6.42 Å². The smallest absolute Gasteiger partial charge is 0.220 e. The Morgan fingerprint density at radius 3 is 0.762 bits per heavy atom. The lowest BCUT2D eigenvalue weighted by atomic mass is 10.0. The number of unbranched alkanes of at least 4 members (excludes halogenated alkanes) is 60. The molecule has 4 nitrogen and oxygen atoms in total. The SMILES string of the molecule is CCCCCCC/C=C\C/C=C\CCCCCCCCCCCCCCCCCCCCCCCCCCCCCCCC(=O)NC(CO)C(O)/C=C/CC/C=C/CCCCCCCCCCCCCCCCCCCCCCCCCCC. The lowest BCUT2D eigenvalue weighted by Gasteiger charge is -2.19. The Labute approximate surface area is 528 Å². The summed E-state index contributed by atoms with van der Waals surface area (Å²) < 4.78 is 0. The van der Waals surface area contributed by atoms with Crippen LogP contribution in [0.4, 0.5) is 0 Å². The average molecular weight is 1180 g/mol. The molecule has 0 heterocycles. The average Bonchev–Trinajstić information content (AvgIpc) is 3.51. The van der Waals surface area contributed by atoms with E-state index < -0.39 is 12.1 Å². The van der Waals surface area contributed by atoms with Crippen LogP contribution in [0.3, 0.4) is 0 Å². The minimum Gasteiger partial charge on any atom is -0.394 e. The molecule has 4 heteroatoms. The van der Waals surface area contributed by atoms with Crippen LogP contribution in [0.25, 0.3) is 0 Å². The van der Waals surface area contributed by atoms with Gasteiger partial charge < -0.3 is 15.5 Å². The van der Waals surface area contributed by atoms with Crippen LogP contribution >= 0.6 is 0 Å². The zero-order valence-corrected chi connectivity index (χ0v) is 57.5. The fourth-order valence-corrected chi connectivity index (χ4v) is 12.4. The second-order valence-corrected chi connectivity index (χ2v) is 26.8. The molecule has 2 atom stereocenters. The molecule has 0 rings (SSSR count). The number of nitrogens with one attached hydrogen (secondary N) is 1. The number of carbonyl (C=O) groups is 1. The Kier molecular flexibility index (Phi) is 74.1. The molecule has 0 bridgehead atoms. The number of aliphatic hydroxyl groups excluding tert-OH is 2. The summed E-state index contributed by atoms with van der Waals surface area (Å²) in [6, 6.07) is -0.640. The van der Waals surface area contributed by atoms with Crippen LogP contribution in [0, 0.1) is 0 Å². The number of hydrogen-bond donors (Lipinski definition) is 3. The summed E-state index contributed by atoms with van der Waals surface area (Å²) in [5, 5.41) is 23.3. The third-order valence-corrected chi connectivity index (χ3v) is 18.3. The van der Waals surface area contributed by atoms with E-state index in [1.807, 2.05) is 6.08 Å². The first-order chi connectivity index (χ1) is 41.7. The van der Waals surface area contributed by atoms with Crippen LogP contribution < -0.4 is 5.32 Å². The number of rotatable bonds is 73. The maximum atomic E-state index is 12.6. The van der Waals surface area contributed by atoms with Gasteiger partial charge in [0.1, 0.15) is 0 Å². The van der Waals surface area contributed by atoms with Gasteiger partial charge in [0.2, 0.25) is 5.91 Å². The second-order valence-electron chi connectivity index (χ2n) is 26.8. The molecule has 0 aliphatic rings. The van der Waals surface area contributed by atoms with Crippen LogP contribution in [0.1, 0.15) is 438 Å². The quantitative estimate of drug-likeness (QED) is 0.0420. The van der Waals surface area contributed by atoms with E-state index in [1.54, 1.807) is 6.08 Å². The number of amides is 1. The van der Waals surface area contributed by atoms with Crippen molar-refractivity contribution in [3.8, 4) is 0 Å². The first kappa shape index (κ1) is 82.3. The molecule has 84 heavy (non-hydrogen) atoms. The van der Waals surface area contributed by atoms with Gasteiger partial charge in [-0.25, -0.2) is 0 Å². The van der Waals surface area contributed by atoms with Crippen LogP contribution in [0.5, 0.6) is 0 Å². The Balaban J connectivity index is 3.41. The molecule has 0 saturated carbocycles. The minimum absolute atomic E-state index is 0.0645. The molecule has 2 unspecified atom stereocenters. The van der Waals surface area contributed by atoms with E-state index in [1.165, 1.54) is 379 Å². The molecule has 0 aliphatic heterocycles. The third kappa shape index (κ3) is 71.1. The zero-order chi connectivity index (χ0) is 60.5. The van der Waals surface area contributed by atoms with Gasteiger partial charge in [-0.3, -0.25) is 4.79 Å². The van der Waals surface area contributed by atoms with Crippen LogP contribution in [-0.2, 0) is 4.79 Å². The van der Waals surface area contributed by atoms with Gasteiger partial charge in [-0.2, -0.15) is 0 Å². The first-order valence-electron chi connectivity index (χ1n) is 38.9. The van der Waals surface area contributed by atoms with E-state index in [0.717, 1.165) is 38.5 Å². The fraction of sp³-hybridized carbons (Fsp3) is 0.887. The zero-order valence-electron chi connectivity index (χ0n) is 57.5. The van der Waals surface area contributed by atoms with Crippen molar-refractivity contribution >= 4 is 5.91 Å². The second kappa shape index (κ2) is 75.6. The van der Waals surface area contributed by atoms with E-state index in [2.05, 4.69) is 55.6 Å². The van der Waals surface area contributed by atoms with Gasteiger partial charge in [0, 0.05) is 6.42 Å². The fourth-order valence-electron chi connectivity index (χ4n) is 12.4. The van der Waals surface area contributed by atoms with Gasteiger partial charge in [0.05, 0.1) is 18.8 Å². The highest BCUT2D eigenvalue weighted by Crippen LogP contribution is 2.20. The number of aliphatic hydroxyl groups is 2. The maximum absolute atomic E-state index is 12.6. The summed E-state index contributed by atoms with van der Waals surface area (Å²) in [4.78, 5) is 12.6. The largest absolute Gasteiger partial charge is 0.394 e. The van der Waals surface area contributed by atoms with Crippen molar-refractivity contribution in [2.75, 3.05) is 6.61 Å². The molecule has 3 N–H and O–H groups in total. The molecule has 0 aliphatic carbocycles. The van der Waals surface area contributed by atoms with Gasteiger partial charge in [-0.1, -0.05) is 416 Å². The standard InChI is InChI=1S/C80H153NO3/c1-3-5-7-9-11-13-15-17-19-21-23-25-27-29-31-33-35-36-37-38-39-40-41-42-43-44-46-48-50-52-54-56-58-60-62-64-66-68-70-72-74-76-80(84)81-78(77-82)79(83)75-73-71-69-67-65-63-61-59-57-55-53-51-49-47-45-34-32-30-28-26-24-22-20-18-16-14-12-10-8-6-4-2/h15,17,21,23,65,67,73,75,78-79,82-83H,3-14,16,18-20,22,24-64,66,68-72,74,76-77H2,1-2H3,(H,81,84)/b17-15-,23-21-,67-65+,75-73+. The highest BCUT2D eigenvalue weighted by Gasteiger charge is 2.18. The summed E-state index contributed by atoms with van der Waals surface area (Å²) in [6.45, 7) is 4.34. The summed E-state index contributed by atoms with van der Waals surface area (Å²) in [5.41, 5.74) is 0. The highest BCUT2D eigenvalue weighted by molar-refractivity contribution is 5.76. The van der Waals surface area contributed by atoms with Crippen molar-refractivity contribution in [1.82, 2.24) is 5.32 Å². The van der Waals surface area contributed by atoms with Crippen molar-refractivity contribution < 1.29 is 15.0 Å². The molecular formula is C80H153NO3. The monoisotopic (exact) mass is 1180 g/mol. The molecule has 0 aromatic rings. The predicted molar refractivity (Wildman–Crippen MR) is 378 cm³/mol. The normalized spacial score (nSPS) is 12.9. The van der Waals surface area contributed by atoms with Crippen molar-refractivity contribution in [2.24, 2.45) is 0 Å². The number of allylic oxidation sites excluding steroid dienone is 7. The summed E-state index contributed by atoms with van der Waals surface area (Å²) in [5.74, 6) is -0.0645. The topological polar surface area (TPSA) is 69.6 Å². The van der Waals surface area contributed by atoms with E-state index in [-0.39, 0.29) is 12.5 Å². The Bertz CT molecular complexity index is 1340. The minimum atomic E-state index is -0.863. The van der Waals surface area contributed by atoms with Gasteiger partial charge >= 0.3 is 0 Å². The van der Waals surface area contributed by atoms with Gasteiger partial charge in [0.25, 0.3) is 0 Å². The van der Waals surface area contributed by atoms with Gasteiger partial charge in [-0.15, -0.1) is 0 Å². The Morgan fingerprint density at radius 1 is 0.286 bits per heavy atom. The Morgan fingerprint density at radius 2 is 0.500 bits per heavy atom. The highest BCUT2D eigenvalue weighted by atomic mass is 16.3. The summed E-state index contributed by atoms with van der Waals surface area (Å²) >= 11 is 0. The van der Waals surface area contributed by atoms with Crippen molar-refractivity contribution in [3.05, 3.63) is 48.6 Å². The van der Waals surface area contributed by atoms with E-state index >= 15 is 0 Å². The van der Waals surface area contributed by atoms with Gasteiger partial charge in [0.15, 0.2) is 0 Å². The number of carbonyl (C=O) groups excluding carboxylic acids is 1. The van der Waals surface area contributed by atoms with Crippen molar-refractivity contribution in [3.63, 3.8) is 0 Å². The maximum Gasteiger partial charge on any atom is 0.220 e. The summed E-state index contributed by atoms with van der Waals surface area (Å²) in [7, 11) is 0. The predicted octanol–water partition coefficient (Wildman–Crippen LogP) is 26.8. The van der Waals surface area contributed by atoms with Crippen molar-refractivity contribution in [1.29, 1.82) is 0 Å². The molecule has 0 spiro atoms. The first-order valence-corrected chi connectivity index (χ1v) is 38.9. The molecule has 0 fully saturated rings. The van der Waals surface area contributed by atoms with Crippen LogP contribution in [0.2, 0.25) is 0 Å². The van der Waals surface area contributed by atoms with Crippen molar-refractivity contribution in [2.45, 2.75) is 450 Å². The van der Waals surface area contributed by atoms with Crippen LogP contribution in [0.15, 0.2) is 48.6 Å². The van der Waals surface area contributed by atoms with Gasteiger partial charge in [-0.05, 0) is 64.2 Å². The molecule has 0 saturated heterocycles. The third-order valence-electron chi connectivity index (χ3n) is 18.3. The lowest BCUT2D eigenvalue weighted by molar-refractivity contribution is -0.123. The van der Waals surface area contributed by atoms with E-state index in [9.17, 15) is 15.0 Å². The van der Waals surface area contributed by atoms with E-state index in [4.69, 9.17) is 0 Å². The lowest BCUT2D eigenvalue weighted by Crippen LogP contribution is -2.45. The molecular weight excluding hydrogens is 1020 g/mol. The molecule has 0 radical (unpaired) electrons. The molecule has 0 aromatic carbocycles.